The Morgan fingerprint density at radius 3 is 2.67 bits per heavy atom. The predicted octanol–water partition coefficient (Wildman–Crippen LogP) is 1.53. The highest BCUT2D eigenvalue weighted by Gasteiger charge is 2.27. The number of hydrogen-bond donors (Lipinski definition) is 1. The topological polar surface area (TPSA) is 102 Å². The summed E-state index contributed by atoms with van der Waals surface area (Å²) in [6, 6.07) is 9.39. The second-order valence-electron chi connectivity index (χ2n) is 7.40. The number of para-hydroxylation sites is 2. The second kappa shape index (κ2) is 7.03. The van der Waals surface area contributed by atoms with E-state index in [1.54, 1.807) is 30.1 Å². The smallest absolute Gasteiger partial charge is 0.278 e. The molecule has 1 N–H and O–H groups in total. The number of benzene rings is 1. The fourth-order valence-electron chi connectivity index (χ4n) is 3.93. The van der Waals surface area contributed by atoms with Gasteiger partial charge < -0.3 is 10.0 Å². The van der Waals surface area contributed by atoms with Gasteiger partial charge in [0.1, 0.15) is 11.9 Å². The van der Waals surface area contributed by atoms with E-state index in [-0.39, 0.29) is 5.56 Å². The highest BCUT2D eigenvalue weighted by atomic mass is 16.3. The lowest BCUT2D eigenvalue weighted by molar-refractivity contribution is 0.189. The number of aliphatic hydroxyl groups is 1. The molecule has 0 aliphatic carbocycles. The quantitative estimate of drug-likeness (QED) is 0.553. The van der Waals surface area contributed by atoms with Crippen molar-refractivity contribution in [3.05, 3.63) is 70.2 Å². The van der Waals surface area contributed by atoms with E-state index in [1.807, 2.05) is 40.9 Å². The lowest BCUT2D eigenvalue weighted by Gasteiger charge is -2.28. The average Bonchev–Trinajstić information content (AvgIpc) is 3.03. The van der Waals surface area contributed by atoms with Crippen LogP contribution in [0.3, 0.4) is 0 Å². The van der Waals surface area contributed by atoms with Gasteiger partial charge in [0.15, 0.2) is 11.6 Å². The molecule has 9 heteroatoms. The Kier molecular flexibility index (Phi) is 4.32. The van der Waals surface area contributed by atoms with Gasteiger partial charge in [0.2, 0.25) is 0 Å². The summed E-state index contributed by atoms with van der Waals surface area (Å²) in [6.07, 6.45) is 3.22. The fraction of sp³-hybridized carbons (Fsp3) is 0.286. The minimum absolute atomic E-state index is 0.105. The summed E-state index contributed by atoms with van der Waals surface area (Å²) in [7, 11) is 1.88. The molecule has 4 aromatic rings. The van der Waals surface area contributed by atoms with Crippen LogP contribution in [0.4, 0.5) is 5.82 Å². The van der Waals surface area contributed by atoms with Gasteiger partial charge in [-0.2, -0.15) is 4.68 Å². The van der Waals surface area contributed by atoms with Crippen molar-refractivity contribution >= 4 is 16.9 Å². The van der Waals surface area contributed by atoms with Gasteiger partial charge in [0, 0.05) is 31.9 Å². The van der Waals surface area contributed by atoms with Gasteiger partial charge in [0.05, 0.1) is 29.3 Å². The highest BCUT2D eigenvalue weighted by Crippen LogP contribution is 2.23. The molecule has 0 bridgehead atoms. The van der Waals surface area contributed by atoms with Crippen molar-refractivity contribution in [3.63, 3.8) is 0 Å². The molecule has 0 saturated heterocycles. The van der Waals surface area contributed by atoms with Gasteiger partial charge >= 0.3 is 0 Å². The molecule has 0 saturated carbocycles. The summed E-state index contributed by atoms with van der Waals surface area (Å²) in [4.78, 5) is 33.0. The molecule has 4 heterocycles. The van der Waals surface area contributed by atoms with Crippen LogP contribution in [0.1, 0.15) is 30.1 Å². The second-order valence-corrected chi connectivity index (χ2v) is 7.40. The third-order valence-corrected chi connectivity index (χ3v) is 5.47. The standard InChI is InChI=1S/C21H21N7O2/c1-13(29)20-22-9-7-18(25-20)27-10-8-17-14(12-27)21(30)28(26(17)2)19-11-23-15-5-3-4-6-16(15)24-19/h3-7,9,11,13,29H,8,10,12H2,1-2H3. The lowest BCUT2D eigenvalue weighted by atomic mass is 10.1. The van der Waals surface area contributed by atoms with Crippen molar-refractivity contribution in [1.29, 1.82) is 0 Å². The predicted molar refractivity (Wildman–Crippen MR) is 112 cm³/mol. The third-order valence-electron chi connectivity index (χ3n) is 5.47. The third kappa shape index (κ3) is 2.94. The van der Waals surface area contributed by atoms with E-state index in [4.69, 9.17) is 0 Å². The molecule has 0 fully saturated rings. The molecule has 0 amide bonds. The van der Waals surface area contributed by atoms with E-state index in [0.29, 0.717) is 37.0 Å². The van der Waals surface area contributed by atoms with Crippen molar-refractivity contribution in [3.8, 4) is 5.82 Å². The van der Waals surface area contributed by atoms with Crippen LogP contribution in [0.25, 0.3) is 16.9 Å². The molecule has 3 aromatic heterocycles. The zero-order chi connectivity index (χ0) is 20.8. The monoisotopic (exact) mass is 403 g/mol. The molecule has 0 spiro atoms. The molecule has 30 heavy (non-hydrogen) atoms. The Morgan fingerprint density at radius 2 is 1.87 bits per heavy atom. The maximum atomic E-state index is 13.3. The van der Waals surface area contributed by atoms with Gasteiger partial charge in [-0.1, -0.05) is 12.1 Å². The van der Waals surface area contributed by atoms with Crippen LogP contribution in [-0.2, 0) is 20.0 Å². The number of nitrogens with zero attached hydrogens (tertiary/aromatic N) is 7. The minimum atomic E-state index is -0.745. The van der Waals surface area contributed by atoms with E-state index < -0.39 is 6.10 Å². The maximum absolute atomic E-state index is 13.3. The maximum Gasteiger partial charge on any atom is 0.278 e. The summed E-state index contributed by atoms with van der Waals surface area (Å²) in [5.74, 6) is 1.57. The van der Waals surface area contributed by atoms with Gasteiger partial charge in [-0.15, -0.1) is 0 Å². The van der Waals surface area contributed by atoms with Gasteiger partial charge in [-0.3, -0.25) is 14.5 Å². The zero-order valence-electron chi connectivity index (χ0n) is 16.7. The first-order valence-electron chi connectivity index (χ1n) is 9.81. The molecule has 5 rings (SSSR count). The molecule has 152 valence electrons. The summed E-state index contributed by atoms with van der Waals surface area (Å²) < 4.78 is 3.45. The Hall–Kier alpha value is -3.59. The molecule has 0 radical (unpaired) electrons. The van der Waals surface area contributed by atoms with Crippen LogP contribution in [0.2, 0.25) is 0 Å². The number of anilines is 1. The van der Waals surface area contributed by atoms with Crippen LogP contribution < -0.4 is 10.5 Å². The fourth-order valence-corrected chi connectivity index (χ4v) is 3.93. The molecule has 1 aliphatic heterocycles. The average molecular weight is 403 g/mol. The molecular weight excluding hydrogens is 382 g/mol. The first-order chi connectivity index (χ1) is 14.5. The van der Waals surface area contributed by atoms with Gasteiger partial charge in [0.25, 0.3) is 5.56 Å². The zero-order valence-corrected chi connectivity index (χ0v) is 16.7. The molecule has 1 atom stereocenters. The summed E-state index contributed by atoms with van der Waals surface area (Å²) in [5, 5.41) is 9.78. The number of aromatic nitrogens is 6. The number of hydrogen-bond acceptors (Lipinski definition) is 7. The summed E-state index contributed by atoms with van der Waals surface area (Å²) in [5.41, 5.74) is 3.13. The van der Waals surface area contributed by atoms with E-state index >= 15 is 0 Å². The Bertz CT molecular complexity index is 1310. The van der Waals surface area contributed by atoms with Crippen molar-refractivity contribution in [2.75, 3.05) is 11.4 Å². The van der Waals surface area contributed by atoms with Gasteiger partial charge in [-0.05, 0) is 25.1 Å². The summed E-state index contributed by atoms with van der Waals surface area (Å²) in [6.45, 7) is 2.78. The van der Waals surface area contributed by atoms with Crippen molar-refractivity contribution < 1.29 is 5.11 Å². The van der Waals surface area contributed by atoms with Crippen LogP contribution in [-0.4, -0.2) is 41.0 Å². The largest absolute Gasteiger partial charge is 0.385 e. The van der Waals surface area contributed by atoms with E-state index in [1.165, 1.54) is 0 Å². The number of fused-ring (bicyclic) bond motifs is 2. The van der Waals surface area contributed by atoms with Crippen molar-refractivity contribution in [2.24, 2.45) is 7.05 Å². The first-order valence-corrected chi connectivity index (χ1v) is 9.81. The Morgan fingerprint density at radius 1 is 1.07 bits per heavy atom. The first kappa shape index (κ1) is 18.4. The van der Waals surface area contributed by atoms with E-state index in [2.05, 4.69) is 19.9 Å². The normalized spacial score (nSPS) is 14.7. The van der Waals surface area contributed by atoms with Gasteiger partial charge in [-0.25, -0.2) is 15.0 Å². The van der Waals surface area contributed by atoms with Crippen LogP contribution >= 0.6 is 0 Å². The number of aliphatic hydroxyl groups excluding tert-OH is 1. The van der Waals surface area contributed by atoms with Crippen LogP contribution in [0.5, 0.6) is 0 Å². The molecular formula is C21H21N7O2. The summed E-state index contributed by atoms with van der Waals surface area (Å²) >= 11 is 0. The van der Waals surface area contributed by atoms with E-state index in [0.717, 1.165) is 22.3 Å². The molecule has 1 aromatic carbocycles. The van der Waals surface area contributed by atoms with E-state index in [9.17, 15) is 9.90 Å². The lowest BCUT2D eigenvalue weighted by Crippen LogP contribution is -2.33. The van der Waals surface area contributed by atoms with Crippen LogP contribution in [0.15, 0.2) is 47.5 Å². The minimum Gasteiger partial charge on any atom is -0.385 e. The Labute approximate surface area is 172 Å². The van der Waals surface area contributed by atoms with Crippen molar-refractivity contribution in [2.45, 2.75) is 26.0 Å². The highest BCUT2D eigenvalue weighted by molar-refractivity contribution is 5.74. The molecule has 9 nitrogen and oxygen atoms in total. The SMILES string of the molecule is CC(O)c1nccc(N2CCc3c(c(=O)n(-c4cnc5ccccc5n4)n3C)C2)n1. The Balaban J connectivity index is 1.54. The van der Waals surface area contributed by atoms with Crippen LogP contribution in [0, 0.1) is 0 Å². The number of rotatable bonds is 3. The molecule has 1 unspecified atom stereocenters. The molecule has 1 aliphatic rings. The van der Waals surface area contributed by atoms with Crippen molar-refractivity contribution in [1.82, 2.24) is 29.3 Å².